The van der Waals surface area contributed by atoms with Crippen molar-refractivity contribution in [1.82, 2.24) is 19.8 Å². The molecule has 0 aromatic carbocycles. The van der Waals surface area contributed by atoms with E-state index in [-0.39, 0.29) is 11.0 Å². The molecule has 1 fully saturated rings. The third-order valence-electron chi connectivity index (χ3n) is 4.08. The molecule has 2 aromatic rings. The molecule has 1 saturated carbocycles. The van der Waals surface area contributed by atoms with Gasteiger partial charge in [0.05, 0.1) is 5.54 Å². The van der Waals surface area contributed by atoms with E-state index in [9.17, 15) is 0 Å². The second-order valence-electron chi connectivity index (χ2n) is 6.95. The number of rotatable bonds is 1. The van der Waals surface area contributed by atoms with Crippen molar-refractivity contribution < 1.29 is 0 Å². The molecule has 6 heteroatoms. The molecule has 0 amide bonds. The number of fused-ring (bicyclic) bond motifs is 1. The van der Waals surface area contributed by atoms with Gasteiger partial charge in [-0.1, -0.05) is 57.8 Å². The Morgan fingerprint density at radius 3 is 2.35 bits per heavy atom. The standard InChI is InChI=1S/C14H23N5S/c1-13(2,3)10-16-17-12-19(10)18-11(20-12)14(15)8-6-4-5-7-9-14/h4-9,15H2,1-3H3. The molecule has 2 N–H and O–H groups in total. The first-order valence-corrected chi connectivity index (χ1v) is 8.24. The van der Waals surface area contributed by atoms with Crippen molar-refractivity contribution in [3.63, 3.8) is 0 Å². The topological polar surface area (TPSA) is 69.1 Å². The summed E-state index contributed by atoms with van der Waals surface area (Å²) in [7, 11) is 0. The Hall–Kier alpha value is -1.01. The molecule has 0 atom stereocenters. The van der Waals surface area contributed by atoms with Crippen molar-refractivity contribution in [2.24, 2.45) is 5.73 Å². The van der Waals surface area contributed by atoms with Crippen LogP contribution in [0.4, 0.5) is 0 Å². The second kappa shape index (κ2) is 4.77. The van der Waals surface area contributed by atoms with Gasteiger partial charge >= 0.3 is 0 Å². The van der Waals surface area contributed by atoms with Crippen LogP contribution in [0.5, 0.6) is 0 Å². The maximum absolute atomic E-state index is 6.65. The maximum Gasteiger partial charge on any atom is 0.234 e. The second-order valence-corrected chi connectivity index (χ2v) is 7.90. The summed E-state index contributed by atoms with van der Waals surface area (Å²) in [5.74, 6) is 0.909. The molecule has 110 valence electrons. The number of aromatic nitrogens is 4. The van der Waals surface area contributed by atoms with E-state index in [1.165, 1.54) is 25.7 Å². The van der Waals surface area contributed by atoms with Crippen LogP contribution >= 0.6 is 11.3 Å². The summed E-state index contributed by atoms with van der Waals surface area (Å²) in [5, 5.41) is 14.3. The zero-order chi connectivity index (χ0) is 14.4. The third-order valence-corrected chi connectivity index (χ3v) is 5.20. The van der Waals surface area contributed by atoms with Gasteiger partial charge in [0.25, 0.3) is 0 Å². The number of nitrogens with zero attached hydrogens (tertiary/aromatic N) is 4. The molecule has 1 aliphatic rings. The fourth-order valence-electron chi connectivity index (χ4n) is 2.86. The highest BCUT2D eigenvalue weighted by molar-refractivity contribution is 7.16. The van der Waals surface area contributed by atoms with Crippen LogP contribution in [0, 0.1) is 0 Å². The average molecular weight is 293 g/mol. The molecule has 0 radical (unpaired) electrons. The summed E-state index contributed by atoms with van der Waals surface area (Å²) >= 11 is 1.60. The molecule has 3 rings (SSSR count). The monoisotopic (exact) mass is 293 g/mol. The molecule has 0 bridgehead atoms. The first-order chi connectivity index (χ1) is 9.40. The van der Waals surface area contributed by atoms with Gasteiger partial charge in [0.15, 0.2) is 5.82 Å². The molecule has 0 saturated heterocycles. The van der Waals surface area contributed by atoms with Gasteiger partial charge in [0.1, 0.15) is 5.01 Å². The maximum atomic E-state index is 6.65. The summed E-state index contributed by atoms with van der Waals surface area (Å²) in [4.78, 5) is 0.860. The predicted molar refractivity (Wildman–Crippen MR) is 80.9 cm³/mol. The lowest BCUT2D eigenvalue weighted by Crippen LogP contribution is -2.36. The van der Waals surface area contributed by atoms with Gasteiger partial charge < -0.3 is 5.73 Å². The van der Waals surface area contributed by atoms with E-state index in [0.717, 1.165) is 28.6 Å². The summed E-state index contributed by atoms with van der Waals surface area (Å²) in [6, 6.07) is 0. The van der Waals surface area contributed by atoms with E-state index in [4.69, 9.17) is 10.8 Å². The average Bonchev–Trinajstić information content (AvgIpc) is 2.85. The van der Waals surface area contributed by atoms with E-state index in [1.54, 1.807) is 11.3 Å². The molecule has 0 spiro atoms. The molecule has 2 heterocycles. The molecular formula is C14H23N5S. The van der Waals surface area contributed by atoms with Crippen molar-refractivity contribution in [3.05, 3.63) is 10.8 Å². The van der Waals surface area contributed by atoms with Crippen molar-refractivity contribution in [2.45, 2.75) is 70.3 Å². The molecule has 20 heavy (non-hydrogen) atoms. The van der Waals surface area contributed by atoms with E-state index in [0.29, 0.717) is 0 Å². The molecule has 2 aromatic heterocycles. The van der Waals surface area contributed by atoms with Gasteiger partial charge in [-0.3, -0.25) is 0 Å². The van der Waals surface area contributed by atoms with Gasteiger partial charge in [-0.05, 0) is 12.8 Å². The minimum absolute atomic E-state index is 0.0595. The molecule has 5 nitrogen and oxygen atoms in total. The Labute approximate surface area is 123 Å². The molecule has 0 unspecified atom stereocenters. The van der Waals surface area contributed by atoms with Crippen LogP contribution in [0.25, 0.3) is 4.96 Å². The Kier molecular flexibility index (Phi) is 3.33. The highest BCUT2D eigenvalue weighted by atomic mass is 32.1. The molecular weight excluding hydrogens is 270 g/mol. The van der Waals surface area contributed by atoms with E-state index < -0.39 is 0 Å². The number of hydrogen-bond donors (Lipinski definition) is 1. The predicted octanol–water partition coefficient (Wildman–Crippen LogP) is 2.99. The Balaban J connectivity index is 2.02. The van der Waals surface area contributed by atoms with Crippen molar-refractivity contribution >= 4 is 16.3 Å². The lowest BCUT2D eigenvalue weighted by molar-refractivity contribution is 0.378. The van der Waals surface area contributed by atoms with Crippen LogP contribution in [0.1, 0.15) is 70.1 Å². The van der Waals surface area contributed by atoms with Crippen LogP contribution < -0.4 is 5.73 Å². The lowest BCUT2D eigenvalue weighted by atomic mass is 9.92. The smallest absolute Gasteiger partial charge is 0.234 e. The molecule has 0 aliphatic heterocycles. The normalized spacial score (nSPS) is 20.2. The lowest BCUT2D eigenvalue weighted by Gasteiger charge is -2.24. The fraction of sp³-hybridized carbons (Fsp3) is 0.786. The summed E-state index contributed by atoms with van der Waals surface area (Å²) in [5.41, 5.74) is 6.32. The van der Waals surface area contributed by atoms with Crippen molar-refractivity contribution in [3.8, 4) is 0 Å². The Morgan fingerprint density at radius 2 is 1.75 bits per heavy atom. The Morgan fingerprint density at radius 1 is 1.10 bits per heavy atom. The first kappa shape index (κ1) is 13.9. The van der Waals surface area contributed by atoms with Gasteiger partial charge in [-0.15, -0.1) is 10.2 Å². The summed E-state index contributed by atoms with van der Waals surface area (Å²) < 4.78 is 1.89. The first-order valence-electron chi connectivity index (χ1n) is 7.42. The largest absolute Gasteiger partial charge is 0.319 e. The van der Waals surface area contributed by atoms with Crippen LogP contribution in [0.2, 0.25) is 0 Å². The van der Waals surface area contributed by atoms with Crippen molar-refractivity contribution in [1.29, 1.82) is 0 Å². The van der Waals surface area contributed by atoms with E-state index in [1.807, 2.05) is 4.52 Å². The SMILES string of the molecule is CC(C)(C)c1nnc2sc(C3(N)CCCCCC3)nn12. The van der Waals surface area contributed by atoms with Crippen LogP contribution in [-0.4, -0.2) is 19.8 Å². The fourth-order valence-corrected chi connectivity index (χ4v) is 3.86. The summed E-state index contributed by atoms with van der Waals surface area (Å²) in [6.07, 6.45) is 7.03. The van der Waals surface area contributed by atoms with Crippen LogP contribution in [0.3, 0.4) is 0 Å². The third kappa shape index (κ3) is 2.35. The molecule has 1 aliphatic carbocycles. The van der Waals surface area contributed by atoms with Gasteiger partial charge in [0, 0.05) is 5.41 Å². The highest BCUT2D eigenvalue weighted by Crippen LogP contribution is 2.36. The van der Waals surface area contributed by atoms with E-state index >= 15 is 0 Å². The van der Waals surface area contributed by atoms with Gasteiger partial charge in [0.2, 0.25) is 4.96 Å². The van der Waals surface area contributed by atoms with Crippen molar-refractivity contribution in [2.75, 3.05) is 0 Å². The summed E-state index contributed by atoms with van der Waals surface area (Å²) in [6.45, 7) is 6.39. The van der Waals surface area contributed by atoms with Gasteiger partial charge in [-0.25, -0.2) is 0 Å². The highest BCUT2D eigenvalue weighted by Gasteiger charge is 2.33. The Bertz CT molecular complexity index is 599. The van der Waals surface area contributed by atoms with Gasteiger partial charge in [-0.2, -0.15) is 9.61 Å². The zero-order valence-electron chi connectivity index (χ0n) is 12.5. The minimum atomic E-state index is -0.267. The zero-order valence-corrected chi connectivity index (χ0v) is 13.3. The number of hydrogen-bond acceptors (Lipinski definition) is 5. The minimum Gasteiger partial charge on any atom is -0.319 e. The van der Waals surface area contributed by atoms with Crippen LogP contribution in [-0.2, 0) is 11.0 Å². The quantitative estimate of drug-likeness (QED) is 0.821. The van der Waals surface area contributed by atoms with Crippen LogP contribution in [0.15, 0.2) is 0 Å². The number of nitrogens with two attached hydrogens (primary N) is 1. The van der Waals surface area contributed by atoms with E-state index in [2.05, 4.69) is 31.0 Å².